The quantitative estimate of drug-likeness (QED) is 0.332. The SMILES string of the molecule is COCC1(C(=O)OC(c2ccccc2)c2ccccc2)CS[C@@H]2C(NC(=O)Cc3cccs3)C(=O)N2C1. The van der Waals surface area contributed by atoms with E-state index >= 15 is 0 Å². The molecule has 2 aliphatic rings. The van der Waals surface area contributed by atoms with Crippen LogP contribution in [0, 0.1) is 5.41 Å². The highest BCUT2D eigenvalue weighted by molar-refractivity contribution is 8.00. The summed E-state index contributed by atoms with van der Waals surface area (Å²) >= 11 is 2.99. The van der Waals surface area contributed by atoms with E-state index in [0.29, 0.717) is 5.75 Å². The van der Waals surface area contributed by atoms with Crippen molar-refractivity contribution in [3.8, 4) is 0 Å². The van der Waals surface area contributed by atoms with E-state index < -0.39 is 23.5 Å². The molecule has 0 spiro atoms. The number of hydrogen-bond donors (Lipinski definition) is 1. The van der Waals surface area contributed by atoms with Crippen LogP contribution in [0.1, 0.15) is 22.1 Å². The van der Waals surface area contributed by atoms with Crippen LogP contribution in [0.5, 0.6) is 0 Å². The van der Waals surface area contributed by atoms with Crippen LogP contribution in [0.3, 0.4) is 0 Å². The van der Waals surface area contributed by atoms with E-state index in [9.17, 15) is 14.4 Å². The first-order chi connectivity index (χ1) is 18.0. The smallest absolute Gasteiger partial charge is 0.318 e. The number of nitrogens with zero attached hydrogens (tertiary/aromatic N) is 1. The van der Waals surface area contributed by atoms with Gasteiger partial charge in [-0.15, -0.1) is 23.1 Å². The lowest BCUT2D eigenvalue weighted by molar-refractivity contribution is -0.169. The fourth-order valence-corrected chi connectivity index (χ4v) is 7.01. The van der Waals surface area contributed by atoms with E-state index in [1.165, 1.54) is 23.1 Å². The van der Waals surface area contributed by atoms with E-state index in [0.717, 1.165) is 16.0 Å². The molecule has 1 aromatic heterocycles. The minimum Gasteiger partial charge on any atom is -0.452 e. The number of benzene rings is 2. The molecule has 1 N–H and O–H groups in total. The lowest BCUT2D eigenvalue weighted by atomic mass is 9.87. The van der Waals surface area contributed by atoms with Gasteiger partial charge in [0.05, 0.1) is 13.0 Å². The Bertz CT molecular complexity index is 1200. The van der Waals surface area contributed by atoms with Crippen molar-refractivity contribution in [1.82, 2.24) is 10.2 Å². The van der Waals surface area contributed by atoms with Gasteiger partial charge in [0.1, 0.15) is 16.8 Å². The van der Waals surface area contributed by atoms with Crippen LogP contribution in [0.4, 0.5) is 0 Å². The summed E-state index contributed by atoms with van der Waals surface area (Å²) in [4.78, 5) is 41.9. The Morgan fingerprint density at radius 3 is 2.32 bits per heavy atom. The van der Waals surface area contributed by atoms with Crippen molar-refractivity contribution in [3.63, 3.8) is 0 Å². The van der Waals surface area contributed by atoms with Crippen molar-refractivity contribution in [1.29, 1.82) is 0 Å². The molecule has 0 radical (unpaired) electrons. The van der Waals surface area contributed by atoms with Gasteiger partial charge in [0, 0.05) is 24.3 Å². The van der Waals surface area contributed by atoms with Crippen LogP contribution in [0.15, 0.2) is 78.2 Å². The van der Waals surface area contributed by atoms with Gasteiger partial charge in [-0.25, -0.2) is 0 Å². The summed E-state index contributed by atoms with van der Waals surface area (Å²) < 4.78 is 11.6. The average Bonchev–Trinajstić information content (AvgIpc) is 3.44. The van der Waals surface area contributed by atoms with Crippen LogP contribution in [-0.2, 0) is 30.3 Å². The van der Waals surface area contributed by atoms with E-state index in [1.807, 2.05) is 78.2 Å². The molecular weight excluding hydrogens is 508 g/mol. The lowest BCUT2D eigenvalue weighted by Gasteiger charge is -2.54. The minimum atomic E-state index is -1.01. The number of rotatable bonds is 9. The molecule has 3 aromatic rings. The zero-order chi connectivity index (χ0) is 25.8. The van der Waals surface area contributed by atoms with Gasteiger partial charge in [0.2, 0.25) is 11.8 Å². The predicted molar refractivity (Wildman–Crippen MR) is 143 cm³/mol. The first-order valence-electron chi connectivity index (χ1n) is 12.0. The number of β-lactam (4-membered cyclic amide) rings is 1. The first-order valence-corrected chi connectivity index (χ1v) is 14.0. The Kier molecular flexibility index (Phi) is 7.64. The average molecular weight is 537 g/mol. The second kappa shape index (κ2) is 11.1. The Morgan fingerprint density at radius 1 is 1.05 bits per heavy atom. The fraction of sp³-hybridized carbons (Fsp3) is 0.321. The zero-order valence-electron chi connectivity index (χ0n) is 20.4. The second-order valence-corrected chi connectivity index (χ2v) is 11.4. The van der Waals surface area contributed by atoms with Crippen molar-refractivity contribution >= 4 is 40.9 Å². The van der Waals surface area contributed by atoms with Crippen molar-refractivity contribution in [2.45, 2.75) is 23.9 Å². The number of thiophene rings is 1. The number of nitrogens with one attached hydrogen (secondary N) is 1. The van der Waals surface area contributed by atoms with Gasteiger partial charge in [-0.1, -0.05) is 66.7 Å². The molecule has 2 fully saturated rings. The van der Waals surface area contributed by atoms with E-state index in [-0.39, 0.29) is 36.8 Å². The molecule has 192 valence electrons. The molecule has 2 aliphatic heterocycles. The number of ether oxygens (including phenoxy) is 2. The van der Waals surface area contributed by atoms with E-state index in [2.05, 4.69) is 5.32 Å². The molecule has 7 nitrogen and oxygen atoms in total. The molecule has 5 rings (SSSR count). The third-order valence-electron chi connectivity index (χ3n) is 6.66. The molecule has 0 saturated carbocycles. The zero-order valence-corrected chi connectivity index (χ0v) is 22.0. The van der Waals surface area contributed by atoms with Crippen LogP contribution in [0.25, 0.3) is 0 Å². The van der Waals surface area contributed by atoms with Crippen LogP contribution in [0.2, 0.25) is 0 Å². The molecule has 2 aromatic carbocycles. The van der Waals surface area contributed by atoms with Gasteiger partial charge in [0.15, 0.2) is 6.10 Å². The van der Waals surface area contributed by atoms with E-state index in [4.69, 9.17) is 9.47 Å². The summed E-state index contributed by atoms with van der Waals surface area (Å²) in [6, 6.07) is 22.4. The minimum absolute atomic E-state index is 0.126. The largest absolute Gasteiger partial charge is 0.452 e. The fourth-order valence-electron chi connectivity index (χ4n) is 4.79. The molecule has 3 heterocycles. The lowest BCUT2D eigenvalue weighted by Crippen LogP contribution is -2.74. The van der Waals surface area contributed by atoms with Crippen molar-refractivity contribution in [3.05, 3.63) is 94.2 Å². The Hall–Kier alpha value is -3.14. The van der Waals surface area contributed by atoms with Crippen LogP contribution in [-0.4, -0.2) is 60.1 Å². The van der Waals surface area contributed by atoms with Crippen LogP contribution >= 0.6 is 23.1 Å². The summed E-state index contributed by atoms with van der Waals surface area (Å²) in [5, 5.41) is 4.59. The van der Waals surface area contributed by atoms with Crippen molar-refractivity contribution in [2.75, 3.05) is 26.0 Å². The van der Waals surface area contributed by atoms with E-state index in [1.54, 1.807) is 12.0 Å². The molecule has 9 heteroatoms. The monoisotopic (exact) mass is 536 g/mol. The standard InChI is InChI=1S/C28H28N2O5S2/c1-34-17-28(27(33)35-24(19-9-4-2-5-10-19)20-11-6-3-7-12-20)16-30-25(32)23(26(30)37-18-28)29-22(31)15-21-13-8-14-36-21/h2-14,23-24,26H,15-18H2,1H3,(H,29,31)/t23?,26-,28?/m1/s1. The summed E-state index contributed by atoms with van der Waals surface area (Å²) in [5.74, 6) is -0.353. The number of carbonyl (C=O) groups excluding carboxylic acids is 3. The molecule has 0 bridgehead atoms. The topological polar surface area (TPSA) is 84.9 Å². The van der Waals surface area contributed by atoms with Gasteiger partial charge in [-0.05, 0) is 22.6 Å². The van der Waals surface area contributed by atoms with Crippen LogP contribution < -0.4 is 5.32 Å². The highest BCUT2D eigenvalue weighted by atomic mass is 32.2. The number of thioether (sulfide) groups is 1. The summed E-state index contributed by atoms with van der Waals surface area (Å²) in [5.41, 5.74) is 0.716. The number of methoxy groups -OCH3 is 1. The van der Waals surface area contributed by atoms with Gasteiger partial charge in [-0.3, -0.25) is 14.4 Å². The normalized spacial score (nSPS) is 22.8. The maximum absolute atomic E-state index is 13.8. The molecule has 3 atom stereocenters. The maximum Gasteiger partial charge on any atom is 0.318 e. The molecule has 2 unspecified atom stereocenters. The van der Waals surface area contributed by atoms with Crippen molar-refractivity contribution in [2.24, 2.45) is 5.41 Å². The number of carbonyl (C=O) groups is 3. The highest BCUT2D eigenvalue weighted by Crippen LogP contribution is 2.44. The van der Waals surface area contributed by atoms with Gasteiger partial charge in [0.25, 0.3) is 0 Å². The Balaban J connectivity index is 1.30. The predicted octanol–water partition coefficient (Wildman–Crippen LogP) is 3.66. The molecule has 2 amide bonds. The molecule has 2 saturated heterocycles. The van der Waals surface area contributed by atoms with Gasteiger partial charge < -0.3 is 19.7 Å². The number of fused-ring (bicyclic) bond motifs is 1. The maximum atomic E-state index is 13.8. The third kappa shape index (κ3) is 5.30. The molecule has 0 aliphatic carbocycles. The van der Waals surface area contributed by atoms with Crippen molar-refractivity contribution < 1.29 is 23.9 Å². The number of hydrogen-bond acceptors (Lipinski definition) is 7. The van der Waals surface area contributed by atoms with Gasteiger partial charge >= 0.3 is 5.97 Å². The highest BCUT2D eigenvalue weighted by Gasteiger charge is 2.58. The third-order valence-corrected chi connectivity index (χ3v) is 9.12. The number of esters is 1. The Morgan fingerprint density at radius 2 is 1.73 bits per heavy atom. The summed E-state index contributed by atoms with van der Waals surface area (Å²) in [6.07, 6.45) is -0.332. The summed E-state index contributed by atoms with van der Waals surface area (Å²) in [6.45, 7) is 0.310. The molecule has 37 heavy (non-hydrogen) atoms. The Labute approximate surface area is 224 Å². The number of amides is 2. The first kappa shape index (κ1) is 25.5. The van der Waals surface area contributed by atoms with Gasteiger partial charge in [-0.2, -0.15) is 0 Å². The molecular formula is C28H28N2O5S2. The summed E-state index contributed by atoms with van der Waals surface area (Å²) in [7, 11) is 1.54. The second-order valence-electron chi connectivity index (χ2n) is 9.29.